The van der Waals surface area contributed by atoms with Crippen molar-refractivity contribution in [1.82, 2.24) is 0 Å². The molecule has 15 rings (SSSR count). The van der Waals surface area contributed by atoms with Crippen LogP contribution in [0.25, 0.3) is 40.3 Å². The number of hydrogen-bond acceptors (Lipinski definition) is 12. The van der Waals surface area contributed by atoms with E-state index in [1.54, 1.807) is 59.1 Å². The second kappa shape index (κ2) is 33.2. The molecule has 0 N–H and O–H groups in total. The molecule has 2 atom stereocenters. The number of ether oxygens (including phenoxy) is 2. The molecule has 13 aromatic rings. The van der Waals surface area contributed by atoms with Gasteiger partial charge in [0, 0.05) is 104 Å². The van der Waals surface area contributed by atoms with Crippen LogP contribution in [0.2, 0.25) is 0 Å². The van der Waals surface area contributed by atoms with Crippen LogP contribution in [0.4, 0.5) is 0 Å². The highest BCUT2D eigenvalue weighted by molar-refractivity contribution is 7.93. The van der Waals surface area contributed by atoms with E-state index in [0.717, 1.165) is 81.0 Å². The van der Waals surface area contributed by atoms with Crippen LogP contribution < -0.4 is 21.5 Å². The summed E-state index contributed by atoms with van der Waals surface area (Å²) in [6, 6.07) is 88.5. The van der Waals surface area contributed by atoms with Crippen molar-refractivity contribution in [2.75, 3.05) is 14.2 Å². The van der Waals surface area contributed by atoms with Gasteiger partial charge >= 0.3 is 0 Å². The van der Waals surface area contributed by atoms with Gasteiger partial charge in [-0.25, -0.2) is 0 Å². The summed E-state index contributed by atoms with van der Waals surface area (Å²) in [7, 11) is -0.506. The van der Waals surface area contributed by atoms with Crippen molar-refractivity contribution in [2.24, 2.45) is 16.7 Å². The molecule has 0 radical (unpaired) electrons. The number of rotatable bonds is 12. The first-order chi connectivity index (χ1) is 49.5. The fourth-order valence-corrected chi connectivity index (χ4v) is 18.2. The molecule has 2 saturated carbocycles. The van der Waals surface area contributed by atoms with Crippen LogP contribution in [0, 0.1) is 37.5 Å². The number of carbonyl (C=O) groups excluding carboxylic acids is 5. The molecule has 0 saturated heterocycles. The molecular weight excluding hydrogens is 1340 g/mol. The Labute approximate surface area is 610 Å². The molecule has 103 heavy (non-hydrogen) atoms. The van der Waals surface area contributed by atoms with Crippen molar-refractivity contribution in [1.29, 1.82) is 0 Å². The molecule has 0 spiro atoms. The second-order valence-corrected chi connectivity index (χ2v) is 31.4. The Balaban J connectivity index is 0.000000135. The molecule has 2 bridgehead atoms. The maximum atomic E-state index is 14.2. The summed E-state index contributed by atoms with van der Waals surface area (Å²) in [6.45, 7) is 16.2. The lowest BCUT2D eigenvalue weighted by atomic mass is 9.70. The minimum Gasteiger partial charge on any atom is -0.343 e. The van der Waals surface area contributed by atoms with Gasteiger partial charge in [-0.2, -0.15) is 0 Å². The van der Waals surface area contributed by atoms with Crippen molar-refractivity contribution >= 4 is 109 Å². The normalized spacial score (nSPS) is 14.9. The average molecular weight is 1420 g/mol. The van der Waals surface area contributed by atoms with Crippen LogP contribution in [0.5, 0.6) is 0 Å². The van der Waals surface area contributed by atoms with E-state index in [0.29, 0.717) is 33.2 Å². The molecule has 2 aliphatic rings. The SMILES string of the molecule is CC(C)c1ccc2sc3ccccc3c(=O)c2c1.CC12CCC(C(=O)C1=O)C2(C)C.COC(OC)(C(=O)c1ccccc1)c1ccccc1.Cc1cc(C)c(C(=O)P(=O)(c2ccccc2)c2ccccc2)c(C)c1.O=C(c1ccccc1)c1ccccc1.O=c1c2ccccc2sc2ccccc12. The van der Waals surface area contributed by atoms with Gasteiger partial charge in [0.1, 0.15) is 0 Å². The van der Waals surface area contributed by atoms with Gasteiger partial charge < -0.3 is 14.0 Å². The highest BCUT2D eigenvalue weighted by atomic mass is 32.1. The fraction of sp³-hybridized carbons (Fsp3) is 0.189. The van der Waals surface area contributed by atoms with E-state index >= 15 is 0 Å². The Morgan fingerprint density at radius 3 is 1.21 bits per heavy atom. The van der Waals surface area contributed by atoms with E-state index in [1.807, 2.05) is 278 Å². The molecule has 2 aromatic heterocycles. The largest absolute Gasteiger partial charge is 0.343 e. The average Bonchev–Trinajstić information content (AvgIpc) is 1.59. The molecule has 13 heteroatoms. The van der Waals surface area contributed by atoms with Crippen LogP contribution >= 0.6 is 29.8 Å². The zero-order chi connectivity index (χ0) is 73.6. The number of aryl methyl sites for hydroxylation is 3. The van der Waals surface area contributed by atoms with Gasteiger partial charge in [0.05, 0.1) is 0 Å². The minimum absolute atomic E-state index is 0.00926. The third-order valence-corrected chi connectivity index (χ3v) is 24.7. The topological polar surface area (TPSA) is 155 Å². The van der Waals surface area contributed by atoms with E-state index in [1.165, 1.54) is 19.8 Å². The Hall–Kier alpha value is -10.3. The van der Waals surface area contributed by atoms with Gasteiger partial charge in [-0.15, -0.1) is 22.7 Å². The number of benzene rings is 11. The molecule has 11 aromatic carbocycles. The van der Waals surface area contributed by atoms with Gasteiger partial charge in [0.25, 0.3) is 5.79 Å². The van der Waals surface area contributed by atoms with E-state index in [9.17, 15) is 38.1 Å². The van der Waals surface area contributed by atoms with Crippen LogP contribution in [0.15, 0.2) is 295 Å². The number of Topliss-reactive ketones (excluding diaryl/α,β-unsaturated/α-hetero) is 3. The van der Waals surface area contributed by atoms with Crippen molar-refractivity contribution in [3.8, 4) is 0 Å². The van der Waals surface area contributed by atoms with Crippen LogP contribution in [0.3, 0.4) is 0 Å². The van der Waals surface area contributed by atoms with E-state index in [2.05, 4.69) is 26.0 Å². The zero-order valence-electron chi connectivity index (χ0n) is 59.6. The van der Waals surface area contributed by atoms with Gasteiger partial charge in [-0.05, 0) is 110 Å². The lowest BCUT2D eigenvalue weighted by Crippen LogP contribution is -2.39. The van der Waals surface area contributed by atoms with Crippen molar-refractivity contribution in [3.05, 3.63) is 356 Å². The maximum Gasteiger partial charge on any atom is 0.260 e. The monoisotopic (exact) mass is 1420 g/mol. The van der Waals surface area contributed by atoms with E-state index in [4.69, 9.17) is 9.47 Å². The molecular formula is C90H83O10PS2. The molecule has 10 nitrogen and oxygen atoms in total. The van der Waals surface area contributed by atoms with Gasteiger partial charge in [-0.1, -0.05) is 277 Å². The summed E-state index contributed by atoms with van der Waals surface area (Å²) in [6.07, 6.45) is 1.81. The molecule has 2 aliphatic carbocycles. The van der Waals surface area contributed by atoms with Crippen LogP contribution in [-0.2, 0) is 29.4 Å². The Kier molecular flexibility index (Phi) is 24.3. The standard InChI is InChI=1S/C22H21O2P.C16H16O3.C16H14OS.C13H8OS.C13H10O.C10H14O2/c1-16-14-17(2)21(18(3)15-16)22(23)25(24,19-10-6-4-7-11-19)20-12-8-5-9-13-20;1-18-16(19-2,14-11-7-4-8-12-14)15(17)13-9-5-3-6-10-13;1-10(2)11-7-8-15-13(9-11)16(17)12-5-3-4-6-14(12)18-15;14-13-9-5-1-3-7-11(9)15-12-8-4-2-6-10(12)13;14-13(11-7-3-1-4-8-11)12-9-5-2-6-10-12;1-9(2)6-4-5-10(9,3)8(12)7(6)11/h4-15H,1-3H3;3-12H,1-2H3;3-10H,1-2H3;1-8H;1-10H;6H,4-5H2,1-3H3. The van der Waals surface area contributed by atoms with Gasteiger partial charge in [0.2, 0.25) is 30.0 Å². The maximum absolute atomic E-state index is 14.2. The Bertz CT molecular complexity index is 5200. The summed E-state index contributed by atoms with van der Waals surface area (Å²) >= 11 is 3.35. The number of carbonyl (C=O) groups is 5. The van der Waals surface area contributed by atoms with Crippen LogP contribution in [-0.4, -0.2) is 42.9 Å². The van der Waals surface area contributed by atoms with Crippen molar-refractivity contribution in [2.45, 2.75) is 79.9 Å². The zero-order valence-corrected chi connectivity index (χ0v) is 62.1. The molecule has 0 aliphatic heterocycles. The summed E-state index contributed by atoms with van der Waals surface area (Å²) in [5.74, 6) is -1.32. The number of ketones is 4. The summed E-state index contributed by atoms with van der Waals surface area (Å²) in [5, 5.41) is 4.47. The first kappa shape index (κ1) is 75.4. The third-order valence-electron chi connectivity index (χ3n) is 19.6. The number of fused-ring (bicyclic) bond motifs is 6. The molecule has 2 unspecified atom stereocenters. The molecule has 2 fully saturated rings. The highest BCUT2D eigenvalue weighted by Gasteiger charge is 2.66. The van der Waals surface area contributed by atoms with Gasteiger partial charge in [-0.3, -0.25) is 33.6 Å². The van der Waals surface area contributed by atoms with Gasteiger partial charge in [0.15, 0.2) is 16.6 Å². The predicted molar refractivity (Wildman–Crippen MR) is 424 cm³/mol. The van der Waals surface area contributed by atoms with Crippen molar-refractivity contribution in [3.63, 3.8) is 0 Å². The van der Waals surface area contributed by atoms with E-state index < -0.39 is 12.9 Å². The quantitative estimate of drug-likeness (QED) is 0.0379. The first-order valence-electron chi connectivity index (χ1n) is 34.2. The number of methoxy groups -OCH3 is 2. The molecule has 520 valence electrons. The predicted octanol–water partition coefficient (Wildman–Crippen LogP) is 20.2. The van der Waals surface area contributed by atoms with Crippen molar-refractivity contribution < 1.29 is 38.0 Å². The summed E-state index contributed by atoms with van der Waals surface area (Å²) < 4.78 is 29.2. The molecule has 2 heterocycles. The minimum atomic E-state index is -3.44. The second-order valence-electron chi connectivity index (χ2n) is 26.6. The Morgan fingerprint density at radius 2 is 0.835 bits per heavy atom. The van der Waals surface area contributed by atoms with E-state index in [-0.39, 0.29) is 56.3 Å². The lowest BCUT2D eigenvalue weighted by molar-refractivity contribution is -0.176. The first-order valence-corrected chi connectivity index (χ1v) is 37.5. The summed E-state index contributed by atoms with van der Waals surface area (Å²) in [4.78, 5) is 85.6. The molecule has 0 amide bonds. The smallest absolute Gasteiger partial charge is 0.260 e. The lowest BCUT2D eigenvalue weighted by Gasteiger charge is -2.31. The number of hydrogen-bond donors (Lipinski definition) is 0. The fourth-order valence-electron chi connectivity index (χ4n) is 13.5. The third kappa shape index (κ3) is 16.0. The highest BCUT2D eigenvalue weighted by Crippen LogP contribution is 2.62. The Morgan fingerprint density at radius 1 is 0.466 bits per heavy atom. The summed E-state index contributed by atoms with van der Waals surface area (Å²) in [5.41, 5.74) is 6.88. The van der Waals surface area contributed by atoms with Crippen LogP contribution in [0.1, 0.15) is 118 Å².